The molecule has 0 aromatic rings. The predicted octanol–water partition coefficient (Wildman–Crippen LogP) is -0.218. The van der Waals surface area contributed by atoms with Crippen LogP contribution in [0.25, 0.3) is 0 Å². The average Bonchev–Trinajstić information content (AvgIpc) is 2.32. The Kier molecular flexibility index (Phi) is 3.25. The van der Waals surface area contributed by atoms with Gasteiger partial charge in [0.15, 0.2) is 0 Å². The van der Waals surface area contributed by atoms with Crippen molar-refractivity contribution in [3.8, 4) is 6.07 Å². The van der Waals surface area contributed by atoms with Gasteiger partial charge in [-0.15, -0.1) is 0 Å². The molecule has 0 aliphatic carbocycles. The minimum absolute atomic E-state index is 0.412. The van der Waals surface area contributed by atoms with E-state index < -0.39 is 10.2 Å². The number of rotatable bonds is 3. The van der Waals surface area contributed by atoms with E-state index in [9.17, 15) is 8.42 Å². The normalized spacial score (nSPS) is 23.1. The lowest BCUT2D eigenvalue weighted by Gasteiger charge is -2.14. The van der Waals surface area contributed by atoms with E-state index in [0.717, 1.165) is 0 Å². The summed E-state index contributed by atoms with van der Waals surface area (Å²) in [5.74, 6) is 0. The summed E-state index contributed by atoms with van der Waals surface area (Å²) in [5.41, 5.74) is 0. The van der Waals surface area contributed by atoms with E-state index in [2.05, 4.69) is 0 Å². The van der Waals surface area contributed by atoms with Gasteiger partial charge >= 0.3 is 0 Å². The van der Waals surface area contributed by atoms with Gasteiger partial charge in [-0.05, 0) is 6.42 Å². The van der Waals surface area contributed by atoms with Crippen LogP contribution < -0.4 is 0 Å². The molecule has 0 spiro atoms. The largest absolute Gasteiger partial charge is 0.281 e. The van der Waals surface area contributed by atoms with Crippen molar-refractivity contribution in [3.05, 3.63) is 0 Å². The van der Waals surface area contributed by atoms with E-state index in [-0.39, 0.29) is 0 Å². The molecule has 74 valence electrons. The third-order valence-corrected chi connectivity index (χ3v) is 4.07. The predicted molar refractivity (Wildman–Crippen MR) is 48.0 cm³/mol. The number of hydrogen-bond donors (Lipinski definition) is 0. The van der Waals surface area contributed by atoms with Crippen LogP contribution in [0.4, 0.5) is 0 Å². The molecule has 0 unspecified atom stereocenters. The highest BCUT2D eigenvalue weighted by atomic mass is 32.2. The molecular weight excluding hydrogens is 190 g/mol. The van der Waals surface area contributed by atoms with Crippen LogP contribution in [-0.2, 0) is 10.2 Å². The standard InChI is InChI=1S/C7H13N3O2S/c1-9-6-7-10(13(9,11)12)5-3-2-4-8/h2-3,5-7H2,1H3. The quantitative estimate of drug-likeness (QED) is 0.596. The summed E-state index contributed by atoms with van der Waals surface area (Å²) in [5, 5.41) is 8.29. The molecule has 0 radical (unpaired) electrons. The van der Waals surface area contributed by atoms with Gasteiger partial charge in [0.05, 0.1) is 6.07 Å². The van der Waals surface area contributed by atoms with Gasteiger partial charge in [-0.3, -0.25) is 0 Å². The zero-order valence-corrected chi connectivity index (χ0v) is 8.42. The Hall–Kier alpha value is -0.640. The van der Waals surface area contributed by atoms with Crippen molar-refractivity contribution in [2.45, 2.75) is 12.8 Å². The second-order valence-electron chi connectivity index (χ2n) is 2.99. The molecule has 1 heterocycles. The van der Waals surface area contributed by atoms with Gasteiger partial charge in [-0.1, -0.05) is 0 Å². The van der Waals surface area contributed by atoms with Crippen LogP contribution in [0.3, 0.4) is 0 Å². The van der Waals surface area contributed by atoms with E-state index >= 15 is 0 Å². The molecule has 0 saturated carbocycles. The Morgan fingerprint density at radius 3 is 2.62 bits per heavy atom. The van der Waals surface area contributed by atoms with Crippen molar-refractivity contribution in [3.63, 3.8) is 0 Å². The van der Waals surface area contributed by atoms with E-state index in [1.54, 1.807) is 7.05 Å². The molecule has 0 N–H and O–H groups in total. The van der Waals surface area contributed by atoms with Crippen molar-refractivity contribution in [2.75, 3.05) is 26.7 Å². The summed E-state index contributed by atoms with van der Waals surface area (Å²) in [6.45, 7) is 1.55. The topological polar surface area (TPSA) is 64.4 Å². The average molecular weight is 203 g/mol. The van der Waals surface area contributed by atoms with E-state index in [0.29, 0.717) is 32.5 Å². The molecule has 1 aliphatic heterocycles. The fraction of sp³-hybridized carbons (Fsp3) is 0.857. The second kappa shape index (κ2) is 4.05. The van der Waals surface area contributed by atoms with Gasteiger partial charge in [-0.2, -0.15) is 22.3 Å². The third kappa shape index (κ3) is 2.18. The van der Waals surface area contributed by atoms with Gasteiger partial charge in [0.25, 0.3) is 10.2 Å². The third-order valence-electron chi connectivity index (χ3n) is 2.08. The second-order valence-corrected chi connectivity index (χ2v) is 5.03. The lowest BCUT2D eigenvalue weighted by atomic mass is 10.3. The fourth-order valence-corrected chi connectivity index (χ4v) is 2.62. The van der Waals surface area contributed by atoms with E-state index in [4.69, 9.17) is 5.26 Å². The molecule has 0 amide bonds. The molecule has 1 rings (SSSR count). The van der Waals surface area contributed by atoms with Crippen molar-refractivity contribution in [1.29, 1.82) is 5.26 Å². The fourth-order valence-electron chi connectivity index (χ4n) is 1.24. The number of unbranched alkanes of at least 4 members (excludes halogenated alkanes) is 1. The molecule has 0 aromatic carbocycles. The first-order chi connectivity index (χ1) is 6.09. The molecule has 6 heteroatoms. The molecule has 0 aromatic heterocycles. The van der Waals surface area contributed by atoms with Gasteiger partial charge in [0, 0.05) is 33.1 Å². The van der Waals surface area contributed by atoms with Crippen molar-refractivity contribution in [2.24, 2.45) is 0 Å². The van der Waals surface area contributed by atoms with Gasteiger partial charge in [0.1, 0.15) is 0 Å². The molecule has 1 aliphatic rings. The highest BCUT2D eigenvalue weighted by molar-refractivity contribution is 7.87. The van der Waals surface area contributed by atoms with Gasteiger partial charge in [-0.25, -0.2) is 0 Å². The molecule has 5 nitrogen and oxygen atoms in total. The SMILES string of the molecule is CN1CCN(CCCC#N)S1(=O)=O. The zero-order chi connectivity index (χ0) is 9.90. The van der Waals surface area contributed by atoms with Crippen molar-refractivity contribution >= 4 is 10.2 Å². The number of likely N-dealkylation sites (N-methyl/N-ethyl adjacent to an activating group) is 1. The van der Waals surface area contributed by atoms with Crippen LogP contribution in [-0.4, -0.2) is 43.7 Å². The van der Waals surface area contributed by atoms with Crippen LogP contribution >= 0.6 is 0 Å². The molecule has 13 heavy (non-hydrogen) atoms. The molecular formula is C7H13N3O2S. The lowest BCUT2D eigenvalue weighted by molar-refractivity contribution is 0.442. The monoisotopic (exact) mass is 203 g/mol. The van der Waals surface area contributed by atoms with E-state index in [1.807, 2.05) is 6.07 Å². The highest BCUT2D eigenvalue weighted by Crippen LogP contribution is 2.14. The van der Waals surface area contributed by atoms with Crippen molar-refractivity contribution < 1.29 is 8.42 Å². The lowest BCUT2D eigenvalue weighted by Crippen LogP contribution is -2.31. The maximum absolute atomic E-state index is 11.5. The number of nitrogens with zero attached hydrogens (tertiary/aromatic N) is 3. The summed E-state index contributed by atoms with van der Waals surface area (Å²) in [6.07, 6.45) is 1.03. The summed E-state index contributed by atoms with van der Waals surface area (Å²) in [4.78, 5) is 0. The Morgan fingerprint density at radius 1 is 1.46 bits per heavy atom. The Morgan fingerprint density at radius 2 is 2.15 bits per heavy atom. The van der Waals surface area contributed by atoms with E-state index in [1.165, 1.54) is 8.61 Å². The number of hydrogen-bond acceptors (Lipinski definition) is 3. The minimum Gasteiger partial charge on any atom is -0.198 e. The first-order valence-electron chi connectivity index (χ1n) is 4.17. The summed E-state index contributed by atoms with van der Waals surface area (Å²) < 4.78 is 25.7. The minimum atomic E-state index is -3.19. The number of nitriles is 1. The zero-order valence-electron chi connectivity index (χ0n) is 7.60. The van der Waals surface area contributed by atoms with Crippen LogP contribution in [0.1, 0.15) is 12.8 Å². The van der Waals surface area contributed by atoms with Crippen LogP contribution in [0.5, 0.6) is 0 Å². The Balaban J connectivity index is 2.49. The highest BCUT2D eigenvalue weighted by Gasteiger charge is 2.32. The first kappa shape index (κ1) is 10.4. The van der Waals surface area contributed by atoms with Crippen LogP contribution in [0, 0.1) is 11.3 Å². The first-order valence-corrected chi connectivity index (χ1v) is 5.57. The van der Waals surface area contributed by atoms with Crippen LogP contribution in [0.2, 0.25) is 0 Å². The molecule has 1 saturated heterocycles. The van der Waals surface area contributed by atoms with Crippen molar-refractivity contribution in [1.82, 2.24) is 8.61 Å². The molecule has 0 bridgehead atoms. The molecule has 0 atom stereocenters. The van der Waals surface area contributed by atoms with Gasteiger partial charge < -0.3 is 0 Å². The maximum Gasteiger partial charge on any atom is 0.281 e. The summed E-state index contributed by atoms with van der Waals surface area (Å²) in [7, 11) is -1.62. The Bertz CT molecular complexity index is 306. The smallest absolute Gasteiger partial charge is 0.198 e. The van der Waals surface area contributed by atoms with Gasteiger partial charge in [0.2, 0.25) is 0 Å². The maximum atomic E-state index is 11.5. The molecule has 1 fully saturated rings. The Labute approximate surface area is 78.7 Å². The summed E-state index contributed by atoms with van der Waals surface area (Å²) >= 11 is 0. The van der Waals surface area contributed by atoms with Crippen LogP contribution in [0.15, 0.2) is 0 Å². The summed E-state index contributed by atoms with van der Waals surface area (Å²) in [6, 6.07) is 2.00.